The van der Waals surface area contributed by atoms with Crippen LogP contribution in [0.25, 0.3) is 0 Å². The summed E-state index contributed by atoms with van der Waals surface area (Å²) < 4.78 is 10.9. The Morgan fingerprint density at radius 3 is 2.48 bits per heavy atom. The molecule has 31 heavy (non-hydrogen) atoms. The molecule has 2 aromatic carbocycles. The first-order valence-corrected chi connectivity index (χ1v) is 10.2. The molecule has 2 aromatic rings. The number of benzene rings is 2. The van der Waals surface area contributed by atoms with Crippen LogP contribution in [-0.2, 0) is 32.2 Å². The number of carbonyl (C=O) groups excluding carboxylic acids is 1. The minimum absolute atomic E-state index is 0.0707. The van der Waals surface area contributed by atoms with Crippen molar-refractivity contribution in [3.8, 4) is 5.75 Å². The van der Waals surface area contributed by atoms with Gasteiger partial charge >= 0.3 is 11.9 Å². The van der Waals surface area contributed by atoms with Crippen molar-refractivity contribution in [3.63, 3.8) is 0 Å². The van der Waals surface area contributed by atoms with Crippen LogP contribution >= 0.6 is 0 Å². The highest BCUT2D eigenvalue weighted by Gasteiger charge is 2.20. The summed E-state index contributed by atoms with van der Waals surface area (Å²) in [5, 5.41) is 12.6. The van der Waals surface area contributed by atoms with E-state index in [0.717, 1.165) is 41.7 Å². The molecular formula is C24H29NO6. The van der Waals surface area contributed by atoms with Crippen LogP contribution in [0.4, 0.5) is 0 Å². The minimum atomic E-state index is -0.771. The van der Waals surface area contributed by atoms with Gasteiger partial charge in [0.05, 0.1) is 7.11 Å². The molecule has 0 fully saturated rings. The Balaban J connectivity index is 2.24. The van der Waals surface area contributed by atoms with Crippen molar-refractivity contribution in [2.24, 2.45) is 5.16 Å². The second-order valence-corrected chi connectivity index (χ2v) is 7.11. The molecule has 0 radical (unpaired) electrons. The number of carboxylic acid groups (broad SMARTS) is 1. The van der Waals surface area contributed by atoms with Crippen LogP contribution in [0.15, 0.2) is 47.6 Å². The van der Waals surface area contributed by atoms with Crippen molar-refractivity contribution in [1.82, 2.24) is 0 Å². The van der Waals surface area contributed by atoms with E-state index in [1.165, 1.54) is 14.2 Å². The summed E-state index contributed by atoms with van der Waals surface area (Å²) in [6, 6.07) is 13.4. The molecule has 0 atom stereocenters. The molecule has 0 aromatic heterocycles. The monoisotopic (exact) mass is 427 g/mol. The number of oxime groups is 1. The molecule has 0 saturated carbocycles. The second-order valence-electron chi connectivity index (χ2n) is 7.11. The van der Waals surface area contributed by atoms with Gasteiger partial charge in [0.15, 0.2) is 5.71 Å². The number of nitrogens with zero attached hydrogens (tertiary/aromatic N) is 1. The van der Waals surface area contributed by atoms with E-state index < -0.39 is 11.9 Å². The third-order valence-electron chi connectivity index (χ3n) is 4.82. The number of ether oxygens (including phenoxy) is 2. The Morgan fingerprint density at radius 2 is 1.81 bits per heavy atom. The topological polar surface area (TPSA) is 94.4 Å². The summed E-state index contributed by atoms with van der Waals surface area (Å²) >= 11 is 0. The quantitative estimate of drug-likeness (QED) is 0.235. The molecule has 0 saturated heterocycles. The largest absolute Gasteiger partial charge is 0.489 e. The lowest BCUT2D eigenvalue weighted by Crippen LogP contribution is -2.20. The average Bonchev–Trinajstić information content (AvgIpc) is 2.76. The summed E-state index contributed by atoms with van der Waals surface area (Å²) in [5.74, 6) is -0.607. The minimum Gasteiger partial charge on any atom is -0.489 e. The zero-order valence-electron chi connectivity index (χ0n) is 18.2. The van der Waals surface area contributed by atoms with Crippen molar-refractivity contribution in [2.45, 2.75) is 45.6 Å². The highest BCUT2D eigenvalue weighted by atomic mass is 16.6. The van der Waals surface area contributed by atoms with Gasteiger partial charge in [-0.2, -0.15) is 0 Å². The van der Waals surface area contributed by atoms with Crippen LogP contribution in [0.5, 0.6) is 5.75 Å². The van der Waals surface area contributed by atoms with Crippen LogP contribution in [0.1, 0.15) is 47.9 Å². The van der Waals surface area contributed by atoms with E-state index in [9.17, 15) is 9.59 Å². The fraction of sp³-hybridized carbons (Fsp3) is 0.375. The van der Waals surface area contributed by atoms with E-state index in [4.69, 9.17) is 19.4 Å². The number of carboxylic acids is 1. The molecule has 0 aliphatic carbocycles. The Bertz CT molecular complexity index is 922. The van der Waals surface area contributed by atoms with Gasteiger partial charge in [0.2, 0.25) is 0 Å². The summed E-state index contributed by atoms with van der Waals surface area (Å²) in [6.45, 7) is 2.21. The predicted octanol–water partition coefficient (Wildman–Crippen LogP) is 4.29. The number of unbranched alkanes of at least 4 members (excludes halogenated alkanes) is 2. The smallest absolute Gasteiger partial charge is 0.360 e. The fourth-order valence-electron chi connectivity index (χ4n) is 3.19. The van der Waals surface area contributed by atoms with Crippen LogP contribution in [0.2, 0.25) is 0 Å². The van der Waals surface area contributed by atoms with Crippen molar-refractivity contribution in [2.75, 3.05) is 14.2 Å². The Labute approximate surface area is 182 Å². The third-order valence-corrected chi connectivity index (χ3v) is 4.82. The van der Waals surface area contributed by atoms with Gasteiger partial charge in [0.1, 0.15) is 19.5 Å². The lowest BCUT2D eigenvalue weighted by atomic mass is 9.97. The van der Waals surface area contributed by atoms with Crippen molar-refractivity contribution in [1.29, 1.82) is 0 Å². The first-order valence-electron chi connectivity index (χ1n) is 10.2. The Hall–Kier alpha value is -3.35. The van der Waals surface area contributed by atoms with E-state index in [0.29, 0.717) is 12.0 Å². The van der Waals surface area contributed by atoms with E-state index in [1.54, 1.807) is 0 Å². The predicted molar refractivity (Wildman–Crippen MR) is 117 cm³/mol. The van der Waals surface area contributed by atoms with E-state index in [-0.39, 0.29) is 18.7 Å². The molecule has 2 rings (SSSR count). The molecule has 0 heterocycles. The first kappa shape index (κ1) is 23.9. The number of aryl methyl sites for hydroxylation is 2. The Morgan fingerprint density at radius 1 is 1.03 bits per heavy atom. The second kappa shape index (κ2) is 12.4. The van der Waals surface area contributed by atoms with Gasteiger partial charge in [-0.1, -0.05) is 48.0 Å². The number of esters is 1. The Kier molecular flexibility index (Phi) is 9.55. The molecule has 7 heteroatoms. The molecule has 0 aliphatic rings. The number of aliphatic carboxylic acids is 1. The molecule has 166 valence electrons. The van der Waals surface area contributed by atoms with Crippen molar-refractivity contribution in [3.05, 3.63) is 64.7 Å². The molecule has 0 amide bonds. The van der Waals surface area contributed by atoms with Crippen molar-refractivity contribution < 1.29 is 29.0 Å². The van der Waals surface area contributed by atoms with Gasteiger partial charge in [-0.25, -0.2) is 4.79 Å². The van der Waals surface area contributed by atoms with Crippen LogP contribution < -0.4 is 4.74 Å². The molecular weight excluding hydrogens is 398 g/mol. The lowest BCUT2D eigenvalue weighted by Gasteiger charge is -2.15. The zero-order valence-corrected chi connectivity index (χ0v) is 18.2. The maximum atomic E-state index is 12.2. The van der Waals surface area contributed by atoms with Crippen molar-refractivity contribution >= 4 is 17.7 Å². The SMILES string of the molecule is CO/N=C(/C(=O)OC)c1ccc(CCCCCC(=O)O)cc1COc1ccccc1C. The van der Waals surface area contributed by atoms with Crippen LogP contribution in [0, 0.1) is 6.92 Å². The van der Waals surface area contributed by atoms with Gasteiger partial charge in [0, 0.05) is 12.0 Å². The highest BCUT2D eigenvalue weighted by molar-refractivity contribution is 6.43. The summed E-state index contributed by atoms with van der Waals surface area (Å²) in [7, 11) is 2.67. The third kappa shape index (κ3) is 7.44. The number of carbonyl (C=O) groups is 2. The van der Waals surface area contributed by atoms with Gasteiger partial charge in [-0.05, 0) is 48.9 Å². The molecule has 7 nitrogen and oxygen atoms in total. The number of methoxy groups -OCH3 is 1. The summed E-state index contributed by atoms with van der Waals surface area (Å²) in [6.07, 6.45) is 3.35. The normalized spacial score (nSPS) is 11.1. The number of rotatable bonds is 12. The van der Waals surface area contributed by atoms with E-state index in [1.807, 2.05) is 49.4 Å². The van der Waals surface area contributed by atoms with E-state index in [2.05, 4.69) is 5.16 Å². The van der Waals surface area contributed by atoms with Gasteiger partial charge in [-0.3, -0.25) is 4.79 Å². The summed E-state index contributed by atoms with van der Waals surface area (Å²) in [4.78, 5) is 27.8. The number of para-hydroxylation sites is 1. The fourth-order valence-corrected chi connectivity index (χ4v) is 3.19. The highest BCUT2D eigenvalue weighted by Crippen LogP contribution is 2.22. The molecule has 0 spiro atoms. The zero-order chi connectivity index (χ0) is 22.6. The maximum Gasteiger partial charge on any atom is 0.360 e. The number of hydrogen-bond acceptors (Lipinski definition) is 6. The molecule has 0 aliphatic heterocycles. The van der Waals surface area contributed by atoms with E-state index >= 15 is 0 Å². The van der Waals surface area contributed by atoms with Gasteiger partial charge in [-0.15, -0.1) is 0 Å². The van der Waals surface area contributed by atoms with Crippen LogP contribution in [-0.4, -0.2) is 37.0 Å². The molecule has 0 bridgehead atoms. The van der Waals surface area contributed by atoms with Gasteiger partial charge in [0.25, 0.3) is 0 Å². The number of hydrogen-bond donors (Lipinski definition) is 1. The lowest BCUT2D eigenvalue weighted by molar-refractivity contribution is -0.137. The average molecular weight is 427 g/mol. The van der Waals surface area contributed by atoms with Gasteiger partial charge < -0.3 is 19.4 Å². The standard InChI is InChI=1S/C24H29NO6/c1-17-9-7-8-11-21(17)31-16-19-15-18(10-5-4-6-12-22(26)27)13-14-20(19)23(25-30-3)24(28)29-2/h7-9,11,13-15H,4-6,10,12,16H2,1-3H3,(H,26,27)/b25-23+. The maximum absolute atomic E-state index is 12.2. The molecule has 1 N–H and O–H groups in total. The van der Waals surface area contributed by atoms with Crippen LogP contribution in [0.3, 0.4) is 0 Å². The summed E-state index contributed by atoms with van der Waals surface area (Å²) in [5.41, 5.74) is 3.52. The first-order chi connectivity index (χ1) is 15.0. The molecule has 0 unspecified atom stereocenters.